The molecule has 0 amide bonds. The lowest BCUT2D eigenvalue weighted by atomic mass is 9.41. The van der Waals surface area contributed by atoms with Crippen LogP contribution in [0.3, 0.4) is 0 Å². The van der Waals surface area contributed by atoms with Crippen LogP contribution in [0.15, 0.2) is 0 Å². The lowest BCUT2D eigenvalue weighted by Crippen LogP contribution is -2.71. The lowest BCUT2D eigenvalue weighted by Gasteiger charge is -2.65. The van der Waals surface area contributed by atoms with Crippen molar-refractivity contribution in [2.45, 2.75) is 153 Å². The van der Waals surface area contributed by atoms with E-state index in [2.05, 4.69) is 32.6 Å². The number of carbonyl (C=O) groups excluding carboxylic acids is 1. The van der Waals surface area contributed by atoms with Gasteiger partial charge in [-0.1, -0.05) is 27.7 Å². The predicted molar refractivity (Wildman–Crippen MR) is 180 cm³/mol. The highest BCUT2D eigenvalue weighted by Crippen LogP contribution is 2.91. The molecule has 5 unspecified atom stereocenters. The average Bonchev–Trinajstić information content (AvgIpc) is 3.32. The summed E-state index contributed by atoms with van der Waals surface area (Å²) in [6.45, 7) is 15.2. The number of nitrogens with zero attached hydrogens (tertiary/aromatic N) is 1. The van der Waals surface area contributed by atoms with E-state index in [0.29, 0.717) is 43.9 Å². The third-order valence-corrected chi connectivity index (χ3v) is 17.4. The maximum atomic E-state index is 12.5. The summed E-state index contributed by atoms with van der Waals surface area (Å²) in [5.41, 5.74) is 5.78. The molecule has 276 valence electrons. The number of rotatable bonds is 5. The first-order chi connectivity index (χ1) is 23.0. The molecule has 0 aromatic carbocycles. The summed E-state index contributed by atoms with van der Waals surface area (Å²) >= 11 is 0. The lowest BCUT2D eigenvalue weighted by molar-refractivity contribution is -0.236. The number of morpholine rings is 1. The van der Waals surface area contributed by atoms with Gasteiger partial charge in [0.2, 0.25) is 0 Å². The Bertz CT molecular complexity index is 1370. The van der Waals surface area contributed by atoms with Crippen molar-refractivity contribution < 1.29 is 39.1 Å². The molecule has 0 bridgehead atoms. The first-order valence-corrected chi connectivity index (χ1v) is 19.7. The molecule has 10 nitrogen and oxygen atoms in total. The average molecular weight is 687 g/mol. The van der Waals surface area contributed by atoms with Gasteiger partial charge >= 0.3 is 5.97 Å². The summed E-state index contributed by atoms with van der Waals surface area (Å²) in [5, 5.41) is 34.2. The molecule has 0 radical (unpaired) electrons. The Kier molecular flexibility index (Phi) is 7.37. The second-order valence-electron chi connectivity index (χ2n) is 19.8. The van der Waals surface area contributed by atoms with Crippen molar-refractivity contribution >= 4 is 5.97 Å². The number of nitrogens with two attached hydrogens (primary N) is 1. The molecule has 0 aromatic rings. The predicted octanol–water partition coefficient (Wildman–Crippen LogP) is 3.23. The number of aliphatic hydroxyl groups is 3. The van der Waals surface area contributed by atoms with Crippen LogP contribution in [0.4, 0.5) is 0 Å². The van der Waals surface area contributed by atoms with Gasteiger partial charge in [0, 0.05) is 13.0 Å². The molecule has 9 fully saturated rings. The second-order valence-corrected chi connectivity index (χ2v) is 19.8. The molecule has 5 N–H and O–H groups in total. The van der Waals surface area contributed by atoms with Gasteiger partial charge in [-0.05, 0) is 122 Å². The maximum absolute atomic E-state index is 12.5. The van der Waals surface area contributed by atoms with Crippen LogP contribution in [-0.2, 0) is 23.7 Å². The van der Waals surface area contributed by atoms with Gasteiger partial charge in [0.1, 0.15) is 12.1 Å². The summed E-state index contributed by atoms with van der Waals surface area (Å²) in [5.74, 6) is 2.33. The van der Waals surface area contributed by atoms with E-state index in [-0.39, 0.29) is 63.8 Å². The van der Waals surface area contributed by atoms with Crippen molar-refractivity contribution in [2.24, 2.45) is 62.9 Å². The number of aliphatic hydroxyl groups excluding tert-OH is 2. The summed E-state index contributed by atoms with van der Waals surface area (Å²) in [7, 11) is 0. The van der Waals surface area contributed by atoms with Crippen LogP contribution in [-0.4, -0.2) is 106 Å². The number of carbonyl (C=O) groups is 1. The van der Waals surface area contributed by atoms with Gasteiger partial charge in [0.25, 0.3) is 0 Å². The van der Waals surface area contributed by atoms with Gasteiger partial charge in [-0.25, -0.2) is 0 Å². The van der Waals surface area contributed by atoms with Gasteiger partial charge in [0.15, 0.2) is 6.29 Å². The fourth-order valence-corrected chi connectivity index (χ4v) is 15.4. The van der Waals surface area contributed by atoms with Gasteiger partial charge in [-0.3, -0.25) is 9.69 Å². The first kappa shape index (κ1) is 34.0. The van der Waals surface area contributed by atoms with Crippen molar-refractivity contribution in [3.05, 3.63) is 0 Å². The molecule has 10 heteroatoms. The minimum atomic E-state index is -1.29. The molecule has 3 aliphatic heterocycles. The van der Waals surface area contributed by atoms with E-state index in [1.165, 1.54) is 6.42 Å². The third-order valence-electron chi connectivity index (χ3n) is 17.4. The summed E-state index contributed by atoms with van der Waals surface area (Å²) in [6, 6.07) is -0.185. The van der Waals surface area contributed by atoms with E-state index >= 15 is 0 Å². The van der Waals surface area contributed by atoms with Gasteiger partial charge < -0.3 is 40.0 Å². The zero-order valence-electron chi connectivity index (χ0n) is 30.6. The Morgan fingerprint density at radius 2 is 1.84 bits per heavy atom. The highest BCUT2D eigenvalue weighted by atomic mass is 16.7. The Labute approximate surface area is 292 Å². The topological polar surface area (TPSA) is 144 Å². The summed E-state index contributed by atoms with van der Waals surface area (Å²) in [4.78, 5) is 14.6. The Morgan fingerprint density at radius 1 is 1.06 bits per heavy atom. The fourth-order valence-electron chi connectivity index (χ4n) is 15.4. The SMILES string of the molecule is C[C@@H]1CC([C@H](O)C(C)(C)O)OC2[C@H]1[C@@]1(C)CC[C@]34C[C@@H]5CC[C@H](O[C@H]6CN([C@@H]7CCOC7=O)CCO6)C(C)(C)[C@@]6(CCC3[C@]1(N)[C@H]2O)C5C46. The normalized spacial score (nSPS) is 56.6. The minimum absolute atomic E-state index is 0.0454. The summed E-state index contributed by atoms with van der Waals surface area (Å²) < 4.78 is 25.2. The number of cyclic esters (lactones) is 1. The van der Waals surface area contributed by atoms with Gasteiger partial charge in [-0.15, -0.1) is 0 Å². The van der Waals surface area contributed by atoms with E-state index in [9.17, 15) is 20.1 Å². The number of esters is 1. The van der Waals surface area contributed by atoms with Crippen LogP contribution in [0.2, 0.25) is 0 Å². The summed E-state index contributed by atoms with van der Waals surface area (Å²) in [6.07, 6.45) is 5.93. The van der Waals surface area contributed by atoms with Crippen LogP contribution >= 0.6 is 0 Å². The fraction of sp³-hybridized carbons (Fsp3) is 0.974. The molecular weight excluding hydrogens is 624 g/mol. The minimum Gasteiger partial charge on any atom is -0.464 e. The Balaban J connectivity index is 0.989. The van der Waals surface area contributed by atoms with Crippen molar-refractivity contribution in [3.63, 3.8) is 0 Å². The van der Waals surface area contributed by atoms with E-state index < -0.39 is 35.6 Å². The van der Waals surface area contributed by atoms with Crippen molar-refractivity contribution in [1.82, 2.24) is 4.90 Å². The van der Waals surface area contributed by atoms with E-state index in [4.69, 9.17) is 24.7 Å². The zero-order chi connectivity index (χ0) is 34.7. The smallest absolute Gasteiger partial charge is 0.323 e. The molecule has 6 saturated carbocycles. The van der Waals surface area contributed by atoms with Crippen LogP contribution in [0.5, 0.6) is 0 Å². The largest absolute Gasteiger partial charge is 0.464 e. The number of hydrogen-bond acceptors (Lipinski definition) is 10. The van der Waals surface area contributed by atoms with E-state index in [1.807, 2.05) is 0 Å². The van der Waals surface area contributed by atoms with Crippen LogP contribution in [0, 0.1) is 57.2 Å². The molecule has 49 heavy (non-hydrogen) atoms. The molecule has 9 aliphatic rings. The first-order valence-electron chi connectivity index (χ1n) is 19.7. The second kappa shape index (κ2) is 10.6. The molecule has 17 atom stereocenters. The molecule has 3 heterocycles. The monoisotopic (exact) mass is 686 g/mol. The molecule has 2 spiro atoms. The Hall–Kier alpha value is -0.850. The van der Waals surface area contributed by atoms with Crippen molar-refractivity contribution in [1.29, 1.82) is 0 Å². The van der Waals surface area contributed by atoms with E-state index in [0.717, 1.165) is 51.5 Å². The van der Waals surface area contributed by atoms with Crippen molar-refractivity contribution in [3.8, 4) is 0 Å². The zero-order valence-corrected chi connectivity index (χ0v) is 30.6. The van der Waals surface area contributed by atoms with Crippen molar-refractivity contribution in [2.75, 3.05) is 26.3 Å². The number of fused-ring (bicyclic) bond motifs is 4. The highest BCUT2D eigenvalue weighted by molar-refractivity contribution is 5.77. The molecule has 3 saturated heterocycles. The molecule has 0 aromatic heterocycles. The number of hydrogen-bond donors (Lipinski definition) is 4. The van der Waals surface area contributed by atoms with Gasteiger partial charge in [0.05, 0.1) is 55.3 Å². The standard InChI is InChI=1S/C39H62N2O8/c1-20-17-23(31(42)35(4,5)45)48-29-27(20)36(6)12-13-37-18-21-7-8-25(49-26-19-41(14-16-46-26)22-10-15-47-33(22)44)34(2,3)38(28(21)30(37)38)11-9-24(37)39(36,40)32(29)43/h20-32,42-43,45H,7-19,40H2,1-6H3/t20-,21+,22-,23?,24?,25+,26+,27+,28?,29?,30?,31+,32+,36-,37+,38+,39+/m1/s1. The quantitative estimate of drug-likeness (QED) is 0.319. The van der Waals surface area contributed by atoms with E-state index in [1.54, 1.807) is 13.8 Å². The maximum Gasteiger partial charge on any atom is 0.323 e. The van der Waals surface area contributed by atoms with Crippen LogP contribution in [0.1, 0.15) is 99.3 Å². The third kappa shape index (κ3) is 4.15. The molecule has 6 aliphatic carbocycles. The van der Waals surface area contributed by atoms with Crippen LogP contribution in [0.25, 0.3) is 0 Å². The van der Waals surface area contributed by atoms with Crippen LogP contribution < -0.4 is 5.73 Å². The van der Waals surface area contributed by atoms with Gasteiger partial charge in [-0.2, -0.15) is 0 Å². The number of ether oxygens (including phenoxy) is 4. The highest BCUT2D eigenvalue weighted by Gasteiger charge is 2.88. The molecular formula is C39H62N2O8. The molecule has 9 rings (SSSR count). The Morgan fingerprint density at radius 3 is 2.55 bits per heavy atom.